The van der Waals surface area contributed by atoms with Crippen LogP contribution in [0, 0.1) is 0 Å². The van der Waals surface area contributed by atoms with Gasteiger partial charge in [0.15, 0.2) is 11.6 Å². The molecule has 142 valence electrons. The molecule has 0 saturated carbocycles. The van der Waals surface area contributed by atoms with E-state index in [0.29, 0.717) is 6.04 Å². The number of hydrogen-bond acceptors (Lipinski definition) is 4. The average molecular weight is 358 g/mol. The van der Waals surface area contributed by atoms with Gasteiger partial charge in [0.1, 0.15) is 5.82 Å². The van der Waals surface area contributed by atoms with Crippen LogP contribution in [0.1, 0.15) is 38.9 Å². The summed E-state index contributed by atoms with van der Waals surface area (Å²) in [4.78, 5) is 7.33. The Morgan fingerprint density at radius 2 is 2.19 bits per heavy atom. The first-order chi connectivity index (χ1) is 12.8. The molecule has 0 radical (unpaired) electrons. The van der Waals surface area contributed by atoms with Crippen molar-refractivity contribution >= 4 is 11.6 Å². The minimum atomic E-state index is 0.595. The van der Waals surface area contributed by atoms with Gasteiger partial charge in [-0.3, -0.25) is 14.3 Å². The fourth-order valence-corrected chi connectivity index (χ4v) is 3.57. The second-order valence-corrected chi connectivity index (χ2v) is 6.72. The Labute approximate surface area is 155 Å². The molecule has 3 heterocycles. The lowest BCUT2D eigenvalue weighted by Crippen LogP contribution is -2.39. The molecule has 0 aliphatic carbocycles. The smallest absolute Gasteiger partial charge is 0.191 e. The summed E-state index contributed by atoms with van der Waals surface area (Å²) in [5.41, 5.74) is 0.905. The Morgan fingerprint density at radius 3 is 3.04 bits per heavy atom. The number of likely N-dealkylation sites (N-methyl/N-ethyl adjacent to an activating group) is 1. The zero-order valence-corrected chi connectivity index (χ0v) is 16.0. The number of fused-ring (bicyclic) bond motifs is 1. The summed E-state index contributed by atoms with van der Waals surface area (Å²) in [6.07, 6.45) is 6.46. The molecule has 3 rings (SSSR count). The number of likely N-dealkylation sites (tertiary alicyclic amines) is 1. The summed E-state index contributed by atoms with van der Waals surface area (Å²) < 4.78 is 2.05. The van der Waals surface area contributed by atoms with Crippen LogP contribution in [0.3, 0.4) is 0 Å². The Kier molecular flexibility index (Phi) is 6.82. The Bertz CT molecular complexity index is 709. The van der Waals surface area contributed by atoms with Crippen LogP contribution in [0.5, 0.6) is 0 Å². The van der Waals surface area contributed by atoms with Crippen molar-refractivity contribution in [3.63, 3.8) is 0 Å². The first kappa shape index (κ1) is 18.6. The van der Waals surface area contributed by atoms with Crippen molar-refractivity contribution in [2.75, 3.05) is 32.7 Å². The molecule has 0 spiro atoms. The van der Waals surface area contributed by atoms with Gasteiger partial charge in [-0.25, -0.2) is 0 Å². The van der Waals surface area contributed by atoms with Crippen molar-refractivity contribution in [3.05, 3.63) is 30.2 Å². The third-order valence-electron chi connectivity index (χ3n) is 4.96. The maximum absolute atomic E-state index is 4.80. The summed E-state index contributed by atoms with van der Waals surface area (Å²) >= 11 is 0. The maximum atomic E-state index is 4.80. The molecule has 1 aliphatic heterocycles. The van der Waals surface area contributed by atoms with Crippen LogP contribution in [0.15, 0.2) is 29.4 Å². The molecule has 0 aromatic carbocycles. The molecule has 1 aliphatic rings. The minimum Gasteiger partial charge on any atom is -0.357 e. The normalized spacial score (nSPS) is 18.5. The number of aliphatic imine (C=N–C) groups is 1. The SMILES string of the molecule is CCNC(=NCC1CCCN1CC)NCCCc1nnc2ccccn12. The highest BCUT2D eigenvalue weighted by molar-refractivity contribution is 5.79. The molecule has 1 atom stereocenters. The van der Waals surface area contributed by atoms with Gasteiger partial charge >= 0.3 is 0 Å². The second-order valence-electron chi connectivity index (χ2n) is 6.72. The Balaban J connectivity index is 1.47. The zero-order valence-electron chi connectivity index (χ0n) is 16.0. The van der Waals surface area contributed by atoms with E-state index in [-0.39, 0.29) is 0 Å². The fourth-order valence-electron chi connectivity index (χ4n) is 3.57. The lowest BCUT2D eigenvalue weighted by molar-refractivity contribution is 0.273. The number of nitrogens with zero attached hydrogens (tertiary/aromatic N) is 5. The Hall–Kier alpha value is -2.15. The molecule has 7 nitrogen and oxygen atoms in total. The predicted molar refractivity (Wildman–Crippen MR) is 106 cm³/mol. The molecule has 1 fully saturated rings. The standard InChI is InChI=1S/C19H31N7/c1-3-20-19(22-15-16-9-8-13-25(16)4-2)21-12-7-11-18-24-23-17-10-5-6-14-26(17)18/h5-6,10,14,16H,3-4,7-9,11-13,15H2,1-2H3,(H2,20,21,22). The third kappa shape index (κ3) is 4.72. The largest absolute Gasteiger partial charge is 0.357 e. The number of aromatic nitrogens is 3. The van der Waals surface area contributed by atoms with Gasteiger partial charge in [-0.15, -0.1) is 10.2 Å². The number of rotatable bonds is 8. The maximum Gasteiger partial charge on any atom is 0.191 e. The van der Waals surface area contributed by atoms with Crippen molar-refractivity contribution in [1.29, 1.82) is 0 Å². The Morgan fingerprint density at radius 1 is 1.27 bits per heavy atom. The second kappa shape index (κ2) is 9.52. The van der Waals surface area contributed by atoms with E-state index in [0.717, 1.165) is 56.5 Å². The summed E-state index contributed by atoms with van der Waals surface area (Å²) in [7, 11) is 0. The van der Waals surface area contributed by atoms with Crippen LogP contribution < -0.4 is 10.6 Å². The molecular formula is C19H31N7. The highest BCUT2D eigenvalue weighted by Gasteiger charge is 2.22. The van der Waals surface area contributed by atoms with Crippen LogP contribution in [0.2, 0.25) is 0 Å². The van der Waals surface area contributed by atoms with Gasteiger partial charge in [0, 0.05) is 31.7 Å². The molecular weight excluding hydrogens is 326 g/mol. The van der Waals surface area contributed by atoms with E-state index in [9.17, 15) is 0 Å². The highest BCUT2D eigenvalue weighted by Crippen LogP contribution is 2.16. The van der Waals surface area contributed by atoms with Gasteiger partial charge in [0.05, 0.1) is 6.54 Å². The molecule has 2 aromatic rings. The van der Waals surface area contributed by atoms with E-state index < -0.39 is 0 Å². The number of hydrogen-bond donors (Lipinski definition) is 2. The van der Waals surface area contributed by atoms with Gasteiger partial charge in [0.2, 0.25) is 0 Å². The third-order valence-corrected chi connectivity index (χ3v) is 4.96. The predicted octanol–water partition coefficient (Wildman–Crippen LogP) is 1.70. The summed E-state index contributed by atoms with van der Waals surface area (Å²) in [5, 5.41) is 15.3. The summed E-state index contributed by atoms with van der Waals surface area (Å²) in [6, 6.07) is 6.57. The van der Waals surface area contributed by atoms with E-state index in [4.69, 9.17) is 4.99 Å². The van der Waals surface area contributed by atoms with Crippen LogP contribution in [0.25, 0.3) is 5.65 Å². The molecule has 1 saturated heterocycles. The molecule has 0 bridgehead atoms. The minimum absolute atomic E-state index is 0.595. The van der Waals surface area contributed by atoms with Gasteiger partial charge in [-0.1, -0.05) is 13.0 Å². The van der Waals surface area contributed by atoms with Crippen LogP contribution in [0.4, 0.5) is 0 Å². The van der Waals surface area contributed by atoms with E-state index in [1.54, 1.807) is 0 Å². The van der Waals surface area contributed by atoms with E-state index in [1.165, 1.54) is 19.4 Å². The van der Waals surface area contributed by atoms with Crippen molar-refractivity contribution in [2.24, 2.45) is 4.99 Å². The highest BCUT2D eigenvalue weighted by atomic mass is 15.2. The van der Waals surface area contributed by atoms with Gasteiger partial charge in [0.25, 0.3) is 0 Å². The zero-order chi connectivity index (χ0) is 18.2. The first-order valence-corrected chi connectivity index (χ1v) is 9.86. The number of nitrogens with one attached hydrogen (secondary N) is 2. The van der Waals surface area contributed by atoms with Crippen LogP contribution in [-0.4, -0.2) is 64.2 Å². The first-order valence-electron chi connectivity index (χ1n) is 9.86. The molecule has 7 heteroatoms. The van der Waals surface area contributed by atoms with Gasteiger partial charge in [-0.05, 0) is 51.4 Å². The van der Waals surface area contributed by atoms with Crippen LogP contribution >= 0.6 is 0 Å². The van der Waals surface area contributed by atoms with Crippen molar-refractivity contribution in [3.8, 4) is 0 Å². The number of guanidine groups is 1. The topological polar surface area (TPSA) is 69.8 Å². The van der Waals surface area contributed by atoms with Gasteiger partial charge in [-0.2, -0.15) is 0 Å². The number of pyridine rings is 1. The van der Waals surface area contributed by atoms with Crippen molar-refractivity contribution in [1.82, 2.24) is 30.1 Å². The van der Waals surface area contributed by atoms with Gasteiger partial charge < -0.3 is 10.6 Å². The number of aryl methyl sites for hydroxylation is 1. The molecule has 1 unspecified atom stereocenters. The monoisotopic (exact) mass is 357 g/mol. The van der Waals surface area contributed by atoms with E-state index >= 15 is 0 Å². The average Bonchev–Trinajstić information content (AvgIpc) is 3.29. The summed E-state index contributed by atoms with van der Waals surface area (Å²) in [5.74, 6) is 1.93. The van der Waals surface area contributed by atoms with E-state index in [1.807, 2.05) is 24.4 Å². The quantitative estimate of drug-likeness (QED) is 0.428. The van der Waals surface area contributed by atoms with E-state index in [2.05, 4.69) is 44.0 Å². The van der Waals surface area contributed by atoms with Crippen LogP contribution in [-0.2, 0) is 6.42 Å². The molecule has 26 heavy (non-hydrogen) atoms. The fraction of sp³-hybridized carbons (Fsp3) is 0.632. The lowest BCUT2D eigenvalue weighted by atomic mass is 10.2. The molecule has 2 aromatic heterocycles. The van der Waals surface area contributed by atoms with Crippen molar-refractivity contribution in [2.45, 2.75) is 45.6 Å². The molecule has 2 N–H and O–H groups in total. The molecule has 0 amide bonds. The summed E-state index contributed by atoms with van der Waals surface area (Å²) in [6.45, 7) is 9.30. The lowest BCUT2D eigenvalue weighted by Gasteiger charge is -2.21. The van der Waals surface area contributed by atoms with Crippen molar-refractivity contribution < 1.29 is 0 Å².